The van der Waals surface area contributed by atoms with Crippen LogP contribution in [0.2, 0.25) is 0 Å². The Morgan fingerprint density at radius 2 is 0.565 bits per heavy atom. The molecule has 0 spiro atoms. The molecular weight excluding hydrogens is 1170 g/mol. The summed E-state index contributed by atoms with van der Waals surface area (Å²) >= 11 is 0. The van der Waals surface area contributed by atoms with Gasteiger partial charge in [0.25, 0.3) is 0 Å². The number of unbranched alkanes of at least 4 members (excludes halogenated alkanes) is 36. The van der Waals surface area contributed by atoms with Crippen LogP contribution in [0.1, 0.15) is 284 Å². The third-order valence-electron chi connectivity index (χ3n) is 15.7. The molecule has 2 aliphatic rings. The van der Waals surface area contributed by atoms with Gasteiger partial charge < -0.3 is 68.2 Å². The zero-order chi connectivity index (χ0) is 62.1. The summed E-state index contributed by atoms with van der Waals surface area (Å²) < 4.78 is 97.1. The summed E-state index contributed by atoms with van der Waals surface area (Å²) in [5.74, 6) is -2.69. The van der Waals surface area contributed by atoms with Gasteiger partial charge in [0.2, 0.25) is 0 Å². The van der Waals surface area contributed by atoms with Crippen molar-refractivity contribution < 1.29 is 94.6 Å². The van der Waals surface area contributed by atoms with Crippen LogP contribution in [0.4, 0.5) is 0 Å². The number of carbonyl (C=O) groups is 2. The molecule has 0 unspecified atom stereocenters. The molecule has 0 aromatic rings. The molecule has 500 valence electrons. The van der Waals surface area contributed by atoms with Crippen molar-refractivity contribution in [2.45, 2.75) is 345 Å². The largest absolute Gasteiger partial charge is 2.00 e. The van der Waals surface area contributed by atoms with Gasteiger partial charge >= 0.3 is 49.7 Å². The van der Waals surface area contributed by atoms with Crippen molar-refractivity contribution in [3.8, 4) is 0 Å². The topological polar surface area (TPSA) is 325 Å². The molecule has 0 aromatic heterocycles. The molecule has 0 bridgehead atoms. The SMILES string of the molecule is CCCCCCCCCCCCCCCCCCCCCC(=O)OCCCO[C@H]1O[C@H](CS(=O)(=O)[O-])[C@@H](O)[C@H](O)[C@H]1O.CCCCCCCCCCCCCCCCCCCCCC(=O)OCCCO[C@H]1O[C@H](CS(=O)(=O)[O-])[C@@H](O)[C@H](O)[C@H]1O.[Ca+2]. The van der Waals surface area contributed by atoms with Crippen LogP contribution >= 0.6 is 0 Å². The summed E-state index contributed by atoms with van der Waals surface area (Å²) in [6.45, 7) is 4.72. The summed E-state index contributed by atoms with van der Waals surface area (Å²) in [6, 6.07) is 0. The van der Waals surface area contributed by atoms with Crippen molar-refractivity contribution in [3.63, 3.8) is 0 Å². The second-order valence-electron chi connectivity index (χ2n) is 23.6. The van der Waals surface area contributed by atoms with E-state index in [4.69, 9.17) is 28.4 Å². The summed E-state index contributed by atoms with van der Waals surface area (Å²) in [7, 11) is -9.45. The van der Waals surface area contributed by atoms with Gasteiger partial charge in [-0.15, -0.1) is 0 Å². The molecule has 2 aliphatic heterocycles. The number of ether oxygens (including phenoxy) is 6. The van der Waals surface area contributed by atoms with Crippen LogP contribution in [0.25, 0.3) is 0 Å². The van der Waals surface area contributed by atoms with Gasteiger partial charge in [0.1, 0.15) is 48.8 Å². The molecule has 10 atom stereocenters. The van der Waals surface area contributed by atoms with Crippen LogP contribution in [0.5, 0.6) is 0 Å². The molecule has 0 aliphatic carbocycles. The van der Waals surface area contributed by atoms with E-state index in [0.717, 1.165) is 38.5 Å². The molecule has 2 heterocycles. The van der Waals surface area contributed by atoms with E-state index in [2.05, 4.69) is 13.8 Å². The van der Waals surface area contributed by atoms with Crippen LogP contribution in [0, 0.1) is 0 Å². The van der Waals surface area contributed by atoms with Crippen molar-refractivity contribution >= 4 is 69.9 Å². The third kappa shape index (κ3) is 48.1. The predicted molar refractivity (Wildman–Crippen MR) is 327 cm³/mol. The Balaban J connectivity index is 0.00000164. The van der Waals surface area contributed by atoms with Gasteiger partial charge in [-0.05, 0) is 12.8 Å². The van der Waals surface area contributed by atoms with Crippen LogP contribution in [0.15, 0.2) is 0 Å². The Kier molecular flexibility index (Phi) is 55.0. The maximum atomic E-state index is 11.9. The average molecular weight is 1290 g/mol. The first-order valence-electron chi connectivity index (χ1n) is 33.1. The van der Waals surface area contributed by atoms with E-state index in [-0.39, 0.29) is 76.1 Å². The molecule has 0 amide bonds. The van der Waals surface area contributed by atoms with Gasteiger partial charge in [-0.25, -0.2) is 16.8 Å². The van der Waals surface area contributed by atoms with Gasteiger partial charge in [0.15, 0.2) is 12.6 Å². The predicted octanol–water partition coefficient (Wildman–Crippen LogP) is 9.84. The molecular formula is C62H118CaO20S2. The number of hydrogen-bond acceptors (Lipinski definition) is 20. The van der Waals surface area contributed by atoms with Crippen molar-refractivity contribution in [1.29, 1.82) is 0 Å². The first kappa shape index (κ1) is 84.6. The Bertz CT molecular complexity index is 1660. The Hall–Kier alpha value is -0.380. The number of aliphatic hydroxyl groups is 6. The smallest absolute Gasteiger partial charge is 0.748 e. The number of esters is 2. The quantitative estimate of drug-likeness (QED) is 0.0143. The zero-order valence-electron chi connectivity index (χ0n) is 52.6. The second-order valence-corrected chi connectivity index (χ2v) is 26.5. The van der Waals surface area contributed by atoms with Crippen LogP contribution < -0.4 is 0 Å². The maximum Gasteiger partial charge on any atom is 2.00 e. The van der Waals surface area contributed by atoms with Crippen molar-refractivity contribution in [3.05, 3.63) is 0 Å². The Morgan fingerprint density at radius 1 is 0.341 bits per heavy atom. The first-order valence-corrected chi connectivity index (χ1v) is 36.3. The van der Waals surface area contributed by atoms with Gasteiger partial charge in [0.05, 0.1) is 58.2 Å². The summed E-state index contributed by atoms with van der Waals surface area (Å²) in [6.07, 6.45) is 34.5. The fourth-order valence-electron chi connectivity index (χ4n) is 10.5. The minimum atomic E-state index is -4.73. The number of rotatable bonds is 54. The summed E-state index contributed by atoms with van der Waals surface area (Å²) in [5, 5.41) is 59.4. The average Bonchev–Trinajstić information content (AvgIpc) is 3.66. The standard InChI is InChI=1S/2C31H60O10S.Ca/c2*1-2-3-4-5-6-7-8-9-10-11-12-13-14-15-16-17-18-19-20-22-27(32)39-23-21-24-40-31-30(35)29(34)28(33)26(41-31)25-42(36,37)38;/h2*26,28-31,33-35H,2-25H2,1H3,(H,36,37,38);/q;;+2/p-2/t2*26-,28-,29+,30-,31+;/m11./s1. The van der Waals surface area contributed by atoms with Gasteiger partial charge in [-0.1, -0.05) is 245 Å². The van der Waals surface area contributed by atoms with E-state index < -0.39 is 93.2 Å². The fraction of sp³-hybridized carbons (Fsp3) is 0.968. The van der Waals surface area contributed by atoms with Gasteiger partial charge in [-0.3, -0.25) is 9.59 Å². The molecule has 85 heavy (non-hydrogen) atoms. The maximum absolute atomic E-state index is 11.9. The first-order chi connectivity index (χ1) is 40.3. The van der Waals surface area contributed by atoms with Gasteiger partial charge in [0, 0.05) is 25.7 Å². The van der Waals surface area contributed by atoms with E-state index in [1.807, 2.05) is 0 Å². The molecule has 6 N–H and O–H groups in total. The molecule has 0 radical (unpaired) electrons. The van der Waals surface area contributed by atoms with Crippen molar-refractivity contribution in [2.24, 2.45) is 0 Å². The number of aliphatic hydroxyl groups excluding tert-OH is 6. The minimum Gasteiger partial charge on any atom is -0.748 e. The van der Waals surface area contributed by atoms with Crippen molar-refractivity contribution in [2.75, 3.05) is 37.9 Å². The molecule has 0 aromatic carbocycles. The van der Waals surface area contributed by atoms with Gasteiger partial charge in [-0.2, -0.15) is 0 Å². The number of carbonyl (C=O) groups excluding carboxylic acids is 2. The van der Waals surface area contributed by atoms with E-state index in [1.165, 1.54) is 205 Å². The molecule has 0 saturated carbocycles. The molecule has 20 nitrogen and oxygen atoms in total. The van der Waals surface area contributed by atoms with Crippen LogP contribution in [0.3, 0.4) is 0 Å². The van der Waals surface area contributed by atoms with E-state index in [9.17, 15) is 66.2 Å². The zero-order valence-corrected chi connectivity index (χ0v) is 56.5. The van der Waals surface area contributed by atoms with Crippen molar-refractivity contribution in [1.82, 2.24) is 0 Å². The molecule has 2 fully saturated rings. The Morgan fingerprint density at radius 3 is 0.788 bits per heavy atom. The normalized spacial score (nSPS) is 22.6. The summed E-state index contributed by atoms with van der Waals surface area (Å²) in [5.41, 5.74) is 0. The minimum absolute atomic E-state index is 0. The van der Waals surface area contributed by atoms with Crippen LogP contribution in [-0.2, 0) is 58.2 Å². The third-order valence-corrected chi connectivity index (χ3v) is 17.2. The molecule has 2 saturated heterocycles. The van der Waals surface area contributed by atoms with E-state index >= 15 is 0 Å². The molecule has 2 rings (SSSR count). The molecule has 23 heteroatoms. The van der Waals surface area contributed by atoms with E-state index in [1.54, 1.807) is 0 Å². The second kappa shape index (κ2) is 55.3. The van der Waals surface area contributed by atoms with E-state index in [0.29, 0.717) is 25.7 Å². The number of hydrogen-bond donors (Lipinski definition) is 6. The monoisotopic (exact) mass is 1290 g/mol. The summed E-state index contributed by atoms with van der Waals surface area (Å²) in [4.78, 5) is 23.8. The van der Waals surface area contributed by atoms with Crippen LogP contribution in [-0.4, -0.2) is 206 Å². The fourth-order valence-corrected chi connectivity index (χ4v) is 11.9. The Labute approximate surface area is 543 Å².